The quantitative estimate of drug-likeness (QED) is 0.431. The number of hydrogen-bond acceptors (Lipinski definition) is 7. The van der Waals surface area contributed by atoms with Crippen LogP contribution in [0.4, 0.5) is 5.95 Å². The first-order valence-corrected chi connectivity index (χ1v) is 12.0. The number of fused-ring (bicyclic) bond motifs is 3. The lowest BCUT2D eigenvalue weighted by Gasteiger charge is -2.39. The van der Waals surface area contributed by atoms with Gasteiger partial charge in [-0.25, -0.2) is 9.97 Å². The average molecular weight is 461 g/mol. The lowest BCUT2D eigenvalue weighted by Crippen LogP contribution is -2.45. The van der Waals surface area contributed by atoms with E-state index in [4.69, 9.17) is 24.5 Å². The molecule has 0 amide bonds. The van der Waals surface area contributed by atoms with Gasteiger partial charge in [0.2, 0.25) is 5.95 Å². The molecule has 178 valence electrons. The number of anilines is 1. The van der Waals surface area contributed by atoms with Crippen molar-refractivity contribution in [3.8, 4) is 22.9 Å². The molecule has 5 rings (SSSR count). The van der Waals surface area contributed by atoms with Crippen LogP contribution in [0.5, 0.6) is 11.5 Å². The van der Waals surface area contributed by atoms with Gasteiger partial charge in [-0.05, 0) is 32.8 Å². The molecule has 8 nitrogen and oxygen atoms in total. The van der Waals surface area contributed by atoms with Gasteiger partial charge in [-0.1, -0.05) is 36.8 Å². The second-order valence-electron chi connectivity index (χ2n) is 8.99. The fourth-order valence-corrected chi connectivity index (χ4v) is 4.97. The maximum atomic E-state index is 5.54. The predicted octanol–water partition coefficient (Wildman–Crippen LogP) is 4.64. The van der Waals surface area contributed by atoms with Crippen molar-refractivity contribution in [3.63, 3.8) is 0 Å². The number of benzene rings is 2. The Morgan fingerprint density at radius 3 is 2.38 bits per heavy atom. The van der Waals surface area contributed by atoms with Crippen molar-refractivity contribution in [2.24, 2.45) is 0 Å². The lowest BCUT2D eigenvalue weighted by molar-refractivity contribution is 0.109. The maximum absolute atomic E-state index is 5.54. The molecule has 2 atom stereocenters. The Balaban J connectivity index is 1.55. The molecule has 1 saturated heterocycles. The summed E-state index contributed by atoms with van der Waals surface area (Å²) in [6.45, 7) is 6.38. The molecule has 1 aliphatic rings. The highest BCUT2D eigenvalue weighted by Crippen LogP contribution is 2.34. The number of aromatic nitrogens is 4. The van der Waals surface area contributed by atoms with Crippen LogP contribution >= 0.6 is 0 Å². The molecule has 1 fully saturated rings. The Kier molecular flexibility index (Phi) is 6.24. The number of piperidine rings is 1. The summed E-state index contributed by atoms with van der Waals surface area (Å²) in [4.78, 5) is 12.4. The predicted molar refractivity (Wildman–Crippen MR) is 135 cm³/mol. The smallest absolute Gasteiger partial charge is 0.226 e. The van der Waals surface area contributed by atoms with Crippen LogP contribution in [0.1, 0.15) is 33.1 Å². The van der Waals surface area contributed by atoms with Crippen LogP contribution in [0.25, 0.3) is 27.9 Å². The van der Waals surface area contributed by atoms with Crippen molar-refractivity contribution in [2.45, 2.75) is 45.2 Å². The molecule has 2 aromatic heterocycles. The van der Waals surface area contributed by atoms with E-state index >= 15 is 0 Å². The molecule has 0 aliphatic carbocycles. The minimum absolute atomic E-state index is 0.600. The van der Waals surface area contributed by atoms with Crippen LogP contribution in [0, 0.1) is 0 Å². The number of ether oxygens (including phenoxy) is 2. The van der Waals surface area contributed by atoms with Crippen LogP contribution in [-0.2, 0) is 0 Å². The Labute approximate surface area is 199 Å². The lowest BCUT2D eigenvalue weighted by atomic mass is 9.98. The van der Waals surface area contributed by atoms with Crippen molar-refractivity contribution < 1.29 is 9.47 Å². The highest BCUT2D eigenvalue weighted by molar-refractivity contribution is 5.95. The Bertz CT molecular complexity index is 1280. The summed E-state index contributed by atoms with van der Waals surface area (Å²) in [5.41, 5.74) is 2.47. The van der Waals surface area contributed by atoms with Gasteiger partial charge in [0.1, 0.15) is 0 Å². The molecule has 0 saturated carbocycles. The summed E-state index contributed by atoms with van der Waals surface area (Å²) in [5.74, 6) is 2.60. The van der Waals surface area contributed by atoms with Gasteiger partial charge in [0.15, 0.2) is 23.0 Å². The number of nitrogens with one attached hydrogen (secondary N) is 1. The number of methoxy groups -OCH3 is 2. The van der Waals surface area contributed by atoms with Gasteiger partial charge in [-0.3, -0.25) is 4.90 Å². The molecule has 8 heteroatoms. The molecule has 4 aromatic rings. The first-order valence-electron chi connectivity index (χ1n) is 12.0. The van der Waals surface area contributed by atoms with E-state index in [2.05, 4.69) is 24.1 Å². The third kappa shape index (κ3) is 4.14. The molecule has 2 unspecified atom stereocenters. The summed E-state index contributed by atoms with van der Waals surface area (Å²) in [6, 6.07) is 15.0. The fourth-order valence-electron chi connectivity index (χ4n) is 4.97. The van der Waals surface area contributed by atoms with Gasteiger partial charge in [0.25, 0.3) is 0 Å². The summed E-state index contributed by atoms with van der Waals surface area (Å²) in [6.07, 6.45) is 3.83. The Morgan fingerprint density at radius 1 is 0.971 bits per heavy atom. The van der Waals surface area contributed by atoms with E-state index in [1.165, 1.54) is 19.3 Å². The average Bonchev–Trinajstić information content (AvgIpc) is 3.31. The molecule has 1 N–H and O–H groups in total. The number of hydrogen-bond donors (Lipinski definition) is 1. The topological polar surface area (TPSA) is 76.8 Å². The number of rotatable bonds is 7. The van der Waals surface area contributed by atoms with Crippen molar-refractivity contribution in [2.75, 3.05) is 32.6 Å². The molecule has 2 aromatic carbocycles. The van der Waals surface area contributed by atoms with Crippen LogP contribution in [0.2, 0.25) is 0 Å². The van der Waals surface area contributed by atoms with E-state index in [0.29, 0.717) is 35.4 Å². The standard InChI is InChI=1S/C26H32N6O2/c1-17-9-8-10-18(2)31(17)14-13-27-26-28-21-16-23(34-4)22(33-3)15-20(21)25-29-24(30-32(25)26)19-11-6-5-7-12-19/h5-7,11-12,15-18H,8-10,13-14H2,1-4H3,(H,27,28). The first-order chi connectivity index (χ1) is 16.6. The highest BCUT2D eigenvalue weighted by Gasteiger charge is 2.24. The molecule has 34 heavy (non-hydrogen) atoms. The number of likely N-dealkylation sites (tertiary alicyclic amines) is 1. The zero-order valence-electron chi connectivity index (χ0n) is 20.3. The van der Waals surface area contributed by atoms with Gasteiger partial charge in [-0.15, -0.1) is 5.10 Å². The highest BCUT2D eigenvalue weighted by atomic mass is 16.5. The van der Waals surface area contributed by atoms with Crippen molar-refractivity contribution in [3.05, 3.63) is 42.5 Å². The summed E-state index contributed by atoms with van der Waals surface area (Å²) in [7, 11) is 3.26. The molecule has 0 bridgehead atoms. The monoisotopic (exact) mass is 460 g/mol. The van der Waals surface area contributed by atoms with Crippen molar-refractivity contribution in [1.82, 2.24) is 24.5 Å². The molecule has 0 spiro atoms. The summed E-state index contributed by atoms with van der Waals surface area (Å²) < 4.78 is 12.9. The van der Waals surface area contributed by atoms with E-state index in [-0.39, 0.29) is 0 Å². The maximum Gasteiger partial charge on any atom is 0.226 e. The molecule has 3 heterocycles. The van der Waals surface area contributed by atoms with Crippen LogP contribution in [0.3, 0.4) is 0 Å². The van der Waals surface area contributed by atoms with Crippen LogP contribution < -0.4 is 14.8 Å². The first kappa shape index (κ1) is 22.4. The fraction of sp³-hybridized carbons (Fsp3) is 0.423. The van der Waals surface area contributed by atoms with Crippen LogP contribution in [0.15, 0.2) is 42.5 Å². The molecule has 1 aliphatic heterocycles. The third-order valence-electron chi connectivity index (χ3n) is 6.84. The molecular weight excluding hydrogens is 428 g/mol. The second kappa shape index (κ2) is 9.46. The third-order valence-corrected chi connectivity index (χ3v) is 6.84. The summed E-state index contributed by atoms with van der Waals surface area (Å²) >= 11 is 0. The van der Waals surface area contributed by atoms with Crippen LogP contribution in [-0.4, -0.2) is 63.9 Å². The zero-order valence-corrected chi connectivity index (χ0v) is 20.3. The van der Waals surface area contributed by atoms with Gasteiger partial charge in [0.05, 0.1) is 19.7 Å². The normalized spacial score (nSPS) is 18.9. The zero-order chi connectivity index (χ0) is 23.7. The summed E-state index contributed by atoms with van der Waals surface area (Å²) in [5, 5.41) is 9.21. The minimum atomic E-state index is 0.600. The van der Waals surface area contributed by atoms with Gasteiger partial charge in [0, 0.05) is 42.2 Å². The van der Waals surface area contributed by atoms with E-state index in [1.807, 2.05) is 42.5 Å². The number of nitrogens with zero attached hydrogens (tertiary/aromatic N) is 5. The Morgan fingerprint density at radius 2 is 1.68 bits per heavy atom. The molecule has 0 radical (unpaired) electrons. The van der Waals surface area contributed by atoms with Crippen molar-refractivity contribution in [1.29, 1.82) is 0 Å². The SMILES string of the molecule is COc1cc2nc(NCCN3C(C)CCCC3C)n3nc(-c4ccccc4)nc3c2cc1OC. The Hall–Kier alpha value is -3.39. The molecular formula is C26H32N6O2. The van der Waals surface area contributed by atoms with Crippen molar-refractivity contribution >= 4 is 22.5 Å². The van der Waals surface area contributed by atoms with Gasteiger partial charge >= 0.3 is 0 Å². The van der Waals surface area contributed by atoms with E-state index in [9.17, 15) is 0 Å². The van der Waals surface area contributed by atoms with E-state index in [0.717, 1.165) is 35.2 Å². The largest absolute Gasteiger partial charge is 0.493 e. The van der Waals surface area contributed by atoms with E-state index < -0.39 is 0 Å². The van der Waals surface area contributed by atoms with E-state index in [1.54, 1.807) is 18.7 Å². The second-order valence-corrected chi connectivity index (χ2v) is 8.99. The van der Waals surface area contributed by atoms with Gasteiger partial charge < -0.3 is 14.8 Å². The van der Waals surface area contributed by atoms with Gasteiger partial charge in [-0.2, -0.15) is 4.52 Å². The minimum Gasteiger partial charge on any atom is -0.493 e.